The number of nitrogens with one attached hydrogen (secondary N) is 1. The fourth-order valence-electron chi connectivity index (χ4n) is 2.49. The Labute approximate surface area is 145 Å². The topological polar surface area (TPSA) is 41.5 Å². The summed E-state index contributed by atoms with van der Waals surface area (Å²) >= 11 is 0. The van der Waals surface area contributed by atoms with Crippen LogP contribution in [0.5, 0.6) is 11.5 Å². The number of phenolic OH excluding ortho intramolecular Hbond substituents is 1. The van der Waals surface area contributed by atoms with Crippen molar-refractivity contribution in [1.29, 1.82) is 0 Å². The quantitative estimate of drug-likeness (QED) is 0.717. The van der Waals surface area contributed by atoms with E-state index < -0.39 is 0 Å². The van der Waals surface area contributed by atoms with Crippen LogP contribution < -0.4 is 10.1 Å². The van der Waals surface area contributed by atoms with Gasteiger partial charge >= 0.3 is 0 Å². The highest BCUT2D eigenvalue weighted by Gasteiger charge is 2.03. The van der Waals surface area contributed by atoms with Crippen molar-refractivity contribution in [2.45, 2.75) is 32.2 Å². The Kier molecular flexibility index (Phi) is 8.52. The van der Waals surface area contributed by atoms with Crippen LogP contribution in [0.15, 0.2) is 48.5 Å². The monoisotopic (exact) mass is 335 g/mol. The number of halogens is 1. The molecule has 2 rings (SSSR count). The van der Waals surface area contributed by atoms with E-state index in [4.69, 9.17) is 4.74 Å². The third kappa shape index (κ3) is 6.93. The Morgan fingerprint density at radius 1 is 1.00 bits per heavy atom. The van der Waals surface area contributed by atoms with Gasteiger partial charge in [-0.05, 0) is 68.1 Å². The van der Waals surface area contributed by atoms with Crippen LogP contribution in [0, 0.1) is 0 Å². The van der Waals surface area contributed by atoms with E-state index in [1.807, 2.05) is 24.3 Å². The van der Waals surface area contributed by atoms with Gasteiger partial charge in [-0.25, -0.2) is 0 Å². The van der Waals surface area contributed by atoms with Crippen LogP contribution in [0.4, 0.5) is 0 Å². The molecule has 126 valence electrons. The van der Waals surface area contributed by atoms with Gasteiger partial charge in [0, 0.05) is 6.04 Å². The minimum absolute atomic E-state index is 0. The first-order valence-corrected chi connectivity index (χ1v) is 7.81. The number of ether oxygens (including phenoxy) is 1. The fraction of sp³-hybridized carbons (Fsp3) is 0.368. The van der Waals surface area contributed by atoms with Gasteiger partial charge in [-0.1, -0.05) is 24.3 Å². The van der Waals surface area contributed by atoms with Crippen molar-refractivity contribution in [3.63, 3.8) is 0 Å². The van der Waals surface area contributed by atoms with Gasteiger partial charge in [0.15, 0.2) is 0 Å². The van der Waals surface area contributed by atoms with E-state index in [0.717, 1.165) is 31.6 Å². The Hall–Kier alpha value is -1.71. The Morgan fingerprint density at radius 2 is 1.61 bits per heavy atom. The summed E-state index contributed by atoms with van der Waals surface area (Å²) in [4.78, 5) is 0. The SMILES string of the molecule is COc1ccc(CCCNC(C)Cc2ccc(O)cc2)cc1.Cl. The molecule has 0 saturated carbocycles. The van der Waals surface area contributed by atoms with Crippen LogP contribution in [-0.2, 0) is 12.8 Å². The summed E-state index contributed by atoms with van der Waals surface area (Å²) in [5.74, 6) is 1.23. The van der Waals surface area contributed by atoms with E-state index in [-0.39, 0.29) is 12.4 Å². The van der Waals surface area contributed by atoms with Gasteiger partial charge in [0.25, 0.3) is 0 Å². The second-order valence-electron chi connectivity index (χ2n) is 5.68. The summed E-state index contributed by atoms with van der Waals surface area (Å²) in [6, 6.07) is 16.1. The highest BCUT2D eigenvalue weighted by Crippen LogP contribution is 2.13. The lowest BCUT2D eigenvalue weighted by atomic mass is 10.1. The second kappa shape index (κ2) is 10.1. The standard InChI is InChI=1S/C19H25NO2.ClH/c1-15(14-17-5-9-18(21)10-6-17)20-13-3-4-16-7-11-19(22-2)12-8-16;/h5-12,15,20-21H,3-4,13-14H2,1-2H3;1H. The van der Waals surface area contributed by atoms with E-state index >= 15 is 0 Å². The second-order valence-corrected chi connectivity index (χ2v) is 5.68. The van der Waals surface area contributed by atoms with Crippen molar-refractivity contribution in [2.75, 3.05) is 13.7 Å². The zero-order valence-corrected chi connectivity index (χ0v) is 14.6. The molecular formula is C19H26ClNO2. The van der Waals surface area contributed by atoms with Crippen LogP contribution in [0.2, 0.25) is 0 Å². The lowest BCUT2D eigenvalue weighted by Gasteiger charge is -2.14. The lowest BCUT2D eigenvalue weighted by Crippen LogP contribution is -2.29. The molecule has 1 atom stereocenters. The number of methoxy groups -OCH3 is 1. The van der Waals surface area contributed by atoms with Crippen LogP contribution >= 0.6 is 12.4 Å². The minimum Gasteiger partial charge on any atom is -0.508 e. The van der Waals surface area contributed by atoms with Crippen molar-refractivity contribution in [2.24, 2.45) is 0 Å². The normalized spacial score (nSPS) is 11.6. The summed E-state index contributed by atoms with van der Waals surface area (Å²) in [5.41, 5.74) is 2.58. The summed E-state index contributed by atoms with van der Waals surface area (Å²) < 4.78 is 5.16. The number of aryl methyl sites for hydroxylation is 1. The third-order valence-electron chi connectivity index (χ3n) is 3.77. The molecule has 2 N–H and O–H groups in total. The summed E-state index contributed by atoms with van der Waals surface area (Å²) in [6.45, 7) is 3.20. The minimum atomic E-state index is 0. The molecule has 0 fully saturated rings. The lowest BCUT2D eigenvalue weighted by molar-refractivity contribution is 0.414. The summed E-state index contributed by atoms with van der Waals surface area (Å²) in [7, 11) is 1.69. The van der Waals surface area contributed by atoms with Gasteiger partial charge in [0.2, 0.25) is 0 Å². The first kappa shape index (κ1) is 19.3. The Morgan fingerprint density at radius 3 is 2.22 bits per heavy atom. The third-order valence-corrected chi connectivity index (χ3v) is 3.77. The molecule has 1 unspecified atom stereocenters. The number of aromatic hydroxyl groups is 1. The van der Waals surface area contributed by atoms with Gasteiger partial charge < -0.3 is 15.2 Å². The average Bonchev–Trinajstić information content (AvgIpc) is 2.54. The molecule has 0 radical (unpaired) electrons. The van der Waals surface area contributed by atoms with Gasteiger partial charge in [0.05, 0.1) is 7.11 Å². The highest BCUT2D eigenvalue weighted by atomic mass is 35.5. The summed E-state index contributed by atoms with van der Waals surface area (Å²) in [6.07, 6.45) is 3.16. The highest BCUT2D eigenvalue weighted by molar-refractivity contribution is 5.85. The van der Waals surface area contributed by atoms with Gasteiger partial charge in [0.1, 0.15) is 11.5 Å². The molecule has 0 heterocycles. The molecule has 0 aliphatic carbocycles. The molecule has 0 aromatic heterocycles. The van der Waals surface area contributed by atoms with Gasteiger partial charge in [-0.15, -0.1) is 12.4 Å². The number of phenols is 1. The van der Waals surface area contributed by atoms with Crippen molar-refractivity contribution >= 4 is 12.4 Å². The number of benzene rings is 2. The molecule has 0 aliphatic rings. The van der Waals surface area contributed by atoms with Crippen LogP contribution in [0.25, 0.3) is 0 Å². The first-order chi connectivity index (χ1) is 10.7. The van der Waals surface area contributed by atoms with E-state index in [1.54, 1.807) is 19.2 Å². The molecular weight excluding hydrogens is 310 g/mol. The number of hydrogen-bond donors (Lipinski definition) is 2. The van der Waals surface area contributed by atoms with E-state index in [9.17, 15) is 5.11 Å². The molecule has 23 heavy (non-hydrogen) atoms. The van der Waals surface area contributed by atoms with Crippen molar-refractivity contribution < 1.29 is 9.84 Å². The predicted molar refractivity (Wildman–Crippen MR) is 97.8 cm³/mol. The summed E-state index contributed by atoms with van der Waals surface area (Å²) in [5, 5.41) is 12.8. The molecule has 2 aromatic carbocycles. The average molecular weight is 336 g/mol. The molecule has 0 aliphatic heterocycles. The fourth-order valence-corrected chi connectivity index (χ4v) is 2.49. The number of rotatable bonds is 8. The zero-order valence-electron chi connectivity index (χ0n) is 13.8. The van der Waals surface area contributed by atoms with Crippen molar-refractivity contribution in [1.82, 2.24) is 5.32 Å². The maximum Gasteiger partial charge on any atom is 0.118 e. The molecule has 3 nitrogen and oxygen atoms in total. The van der Waals surface area contributed by atoms with Crippen molar-refractivity contribution in [3.05, 3.63) is 59.7 Å². The smallest absolute Gasteiger partial charge is 0.118 e. The molecule has 0 spiro atoms. The Bertz CT molecular complexity index is 555. The first-order valence-electron chi connectivity index (χ1n) is 7.81. The molecule has 4 heteroatoms. The van der Waals surface area contributed by atoms with Gasteiger partial charge in [-0.3, -0.25) is 0 Å². The molecule has 0 saturated heterocycles. The maximum atomic E-state index is 9.28. The van der Waals surface area contributed by atoms with Crippen LogP contribution in [0.1, 0.15) is 24.5 Å². The van der Waals surface area contributed by atoms with E-state index in [2.05, 4.69) is 24.4 Å². The van der Waals surface area contributed by atoms with E-state index in [1.165, 1.54) is 11.1 Å². The van der Waals surface area contributed by atoms with E-state index in [0.29, 0.717) is 11.8 Å². The number of hydrogen-bond acceptors (Lipinski definition) is 3. The molecule has 0 bridgehead atoms. The van der Waals surface area contributed by atoms with Crippen LogP contribution in [-0.4, -0.2) is 24.8 Å². The predicted octanol–water partition coefficient (Wildman–Crippen LogP) is 3.98. The zero-order chi connectivity index (χ0) is 15.8. The Balaban J connectivity index is 0.00000264. The maximum absolute atomic E-state index is 9.28. The van der Waals surface area contributed by atoms with Crippen LogP contribution in [0.3, 0.4) is 0 Å². The molecule has 0 amide bonds. The van der Waals surface area contributed by atoms with Gasteiger partial charge in [-0.2, -0.15) is 0 Å². The largest absolute Gasteiger partial charge is 0.508 e. The van der Waals surface area contributed by atoms with Crippen molar-refractivity contribution in [3.8, 4) is 11.5 Å². The molecule has 2 aromatic rings.